The molecular formula is C5H12N2O. The fourth-order valence-electron chi connectivity index (χ4n) is 0.923. The van der Waals surface area contributed by atoms with Crippen LogP contribution >= 0.6 is 0 Å². The van der Waals surface area contributed by atoms with Crippen LogP contribution in [0.25, 0.3) is 0 Å². The van der Waals surface area contributed by atoms with Gasteiger partial charge < -0.3 is 10.8 Å². The molecule has 1 heterocycles. The summed E-state index contributed by atoms with van der Waals surface area (Å²) in [5, 5.41) is 11.8. The van der Waals surface area contributed by atoms with Crippen LogP contribution in [0.1, 0.15) is 12.8 Å². The molecule has 0 aromatic rings. The van der Waals surface area contributed by atoms with Crippen LogP contribution in [0.5, 0.6) is 0 Å². The molecule has 8 heavy (non-hydrogen) atoms. The molecule has 2 atom stereocenters. The van der Waals surface area contributed by atoms with Gasteiger partial charge in [0.15, 0.2) is 0 Å². The van der Waals surface area contributed by atoms with E-state index in [0.29, 0.717) is 6.42 Å². The minimum Gasteiger partial charge on any atom is -0.379 e. The molecule has 1 aliphatic heterocycles. The molecule has 3 nitrogen and oxygen atoms in total. The minimum absolute atomic E-state index is 0.200. The standard InChI is InChI=1S/C5H12N2O/c6-4-1-2-7-5(8)3-4/h4-5,7-8H,1-3,6H2. The van der Waals surface area contributed by atoms with Gasteiger partial charge in [-0.2, -0.15) is 0 Å². The summed E-state index contributed by atoms with van der Waals surface area (Å²) in [6, 6.07) is 0.200. The lowest BCUT2D eigenvalue weighted by atomic mass is 10.1. The van der Waals surface area contributed by atoms with Gasteiger partial charge in [-0.05, 0) is 13.0 Å². The summed E-state index contributed by atoms with van der Waals surface area (Å²) in [5.74, 6) is 0. The number of rotatable bonds is 0. The molecule has 0 bridgehead atoms. The predicted molar refractivity (Wildman–Crippen MR) is 31.2 cm³/mol. The topological polar surface area (TPSA) is 58.3 Å². The van der Waals surface area contributed by atoms with Crippen molar-refractivity contribution in [3.8, 4) is 0 Å². The van der Waals surface area contributed by atoms with Gasteiger partial charge in [0.25, 0.3) is 0 Å². The molecule has 0 amide bonds. The number of nitrogens with one attached hydrogen (secondary N) is 1. The van der Waals surface area contributed by atoms with Crippen molar-refractivity contribution >= 4 is 0 Å². The van der Waals surface area contributed by atoms with Crippen molar-refractivity contribution in [2.75, 3.05) is 6.54 Å². The zero-order valence-electron chi connectivity index (χ0n) is 4.80. The first-order valence-corrected chi connectivity index (χ1v) is 2.96. The molecule has 1 rings (SSSR count). The largest absolute Gasteiger partial charge is 0.379 e. The van der Waals surface area contributed by atoms with Crippen LogP contribution in [0.4, 0.5) is 0 Å². The van der Waals surface area contributed by atoms with Crippen LogP contribution in [0.3, 0.4) is 0 Å². The van der Waals surface area contributed by atoms with E-state index < -0.39 is 0 Å². The van der Waals surface area contributed by atoms with Crippen LogP contribution in [-0.4, -0.2) is 23.9 Å². The Bertz CT molecular complexity index is 68.8. The lowest BCUT2D eigenvalue weighted by Crippen LogP contribution is -2.43. The van der Waals surface area contributed by atoms with Crippen LogP contribution in [0.15, 0.2) is 0 Å². The quantitative estimate of drug-likeness (QED) is 0.381. The summed E-state index contributed by atoms with van der Waals surface area (Å²) in [5.41, 5.74) is 5.53. The van der Waals surface area contributed by atoms with E-state index in [4.69, 9.17) is 10.8 Å². The summed E-state index contributed by atoms with van der Waals surface area (Å²) >= 11 is 0. The van der Waals surface area contributed by atoms with E-state index in [2.05, 4.69) is 5.32 Å². The van der Waals surface area contributed by atoms with Crippen molar-refractivity contribution in [1.82, 2.24) is 5.32 Å². The van der Waals surface area contributed by atoms with Crippen molar-refractivity contribution in [1.29, 1.82) is 0 Å². The maximum atomic E-state index is 8.89. The van der Waals surface area contributed by atoms with Gasteiger partial charge in [-0.15, -0.1) is 0 Å². The summed E-state index contributed by atoms with van der Waals surface area (Å²) in [6.07, 6.45) is 1.32. The molecular weight excluding hydrogens is 104 g/mol. The summed E-state index contributed by atoms with van der Waals surface area (Å²) in [6.45, 7) is 0.850. The zero-order chi connectivity index (χ0) is 5.98. The lowest BCUT2D eigenvalue weighted by Gasteiger charge is -2.23. The first-order valence-electron chi connectivity index (χ1n) is 2.96. The molecule has 0 saturated carbocycles. The molecule has 0 aromatic carbocycles. The normalized spacial score (nSPS) is 39.8. The van der Waals surface area contributed by atoms with Crippen LogP contribution in [0.2, 0.25) is 0 Å². The number of hydrogen-bond donors (Lipinski definition) is 3. The Morgan fingerprint density at radius 3 is 2.75 bits per heavy atom. The van der Waals surface area contributed by atoms with Crippen molar-refractivity contribution in [2.45, 2.75) is 25.1 Å². The molecule has 0 aromatic heterocycles. The third-order valence-corrected chi connectivity index (χ3v) is 1.42. The van der Waals surface area contributed by atoms with Crippen LogP contribution in [-0.2, 0) is 0 Å². The van der Waals surface area contributed by atoms with E-state index >= 15 is 0 Å². The van der Waals surface area contributed by atoms with Gasteiger partial charge in [0.1, 0.15) is 6.23 Å². The molecule has 1 aliphatic rings. The Hall–Kier alpha value is -0.120. The number of aliphatic hydroxyl groups excluding tert-OH is 1. The van der Waals surface area contributed by atoms with Gasteiger partial charge in [-0.1, -0.05) is 0 Å². The SMILES string of the molecule is NC1CCNC(O)C1. The second-order valence-electron chi connectivity index (χ2n) is 2.25. The molecule has 48 valence electrons. The van der Waals surface area contributed by atoms with E-state index in [1.165, 1.54) is 0 Å². The number of aliphatic hydroxyl groups is 1. The Morgan fingerprint density at radius 2 is 2.38 bits per heavy atom. The second kappa shape index (κ2) is 2.44. The Kier molecular flexibility index (Phi) is 1.83. The fraction of sp³-hybridized carbons (Fsp3) is 1.00. The molecule has 1 saturated heterocycles. The van der Waals surface area contributed by atoms with Gasteiger partial charge in [-0.3, -0.25) is 5.32 Å². The smallest absolute Gasteiger partial charge is 0.106 e. The monoisotopic (exact) mass is 116 g/mol. The van der Waals surface area contributed by atoms with E-state index in [0.717, 1.165) is 13.0 Å². The summed E-state index contributed by atoms with van der Waals surface area (Å²) < 4.78 is 0. The van der Waals surface area contributed by atoms with E-state index in [1.54, 1.807) is 0 Å². The highest BCUT2D eigenvalue weighted by Crippen LogP contribution is 2.02. The second-order valence-corrected chi connectivity index (χ2v) is 2.25. The summed E-state index contributed by atoms with van der Waals surface area (Å²) in [4.78, 5) is 0. The van der Waals surface area contributed by atoms with Crippen molar-refractivity contribution in [2.24, 2.45) is 5.73 Å². The maximum absolute atomic E-state index is 8.89. The number of hydrogen-bond acceptors (Lipinski definition) is 3. The van der Waals surface area contributed by atoms with E-state index in [1.807, 2.05) is 0 Å². The number of piperidine rings is 1. The van der Waals surface area contributed by atoms with E-state index in [9.17, 15) is 0 Å². The highest BCUT2D eigenvalue weighted by atomic mass is 16.3. The average Bonchev–Trinajstić information content (AvgIpc) is 1.64. The average molecular weight is 116 g/mol. The molecule has 1 fully saturated rings. The van der Waals surface area contributed by atoms with Gasteiger partial charge >= 0.3 is 0 Å². The third kappa shape index (κ3) is 1.43. The molecule has 0 aliphatic carbocycles. The third-order valence-electron chi connectivity index (χ3n) is 1.42. The first-order chi connectivity index (χ1) is 3.79. The van der Waals surface area contributed by atoms with Gasteiger partial charge in [0, 0.05) is 12.5 Å². The van der Waals surface area contributed by atoms with E-state index in [-0.39, 0.29) is 12.3 Å². The van der Waals surface area contributed by atoms with Crippen molar-refractivity contribution < 1.29 is 5.11 Å². The van der Waals surface area contributed by atoms with Gasteiger partial charge in [0.2, 0.25) is 0 Å². The van der Waals surface area contributed by atoms with Crippen molar-refractivity contribution in [3.05, 3.63) is 0 Å². The highest BCUT2D eigenvalue weighted by Gasteiger charge is 2.14. The molecule has 0 spiro atoms. The minimum atomic E-state index is -0.362. The molecule has 0 radical (unpaired) electrons. The Balaban J connectivity index is 2.23. The first kappa shape index (κ1) is 6.01. The Labute approximate surface area is 48.9 Å². The number of nitrogens with two attached hydrogens (primary N) is 1. The Morgan fingerprint density at radius 1 is 1.62 bits per heavy atom. The summed E-state index contributed by atoms with van der Waals surface area (Å²) in [7, 11) is 0. The van der Waals surface area contributed by atoms with Crippen LogP contribution < -0.4 is 11.1 Å². The molecule has 4 N–H and O–H groups in total. The lowest BCUT2D eigenvalue weighted by molar-refractivity contribution is 0.0989. The highest BCUT2D eigenvalue weighted by molar-refractivity contribution is 4.72. The zero-order valence-corrected chi connectivity index (χ0v) is 4.80. The van der Waals surface area contributed by atoms with Crippen molar-refractivity contribution in [3.63, 3.8) is 0 Å². The predicted octanol–water partition coefficient (Wildman–Crippen LogP) is -0.985. The van der Waals surface area contributed by atoms with Crippen LogP contribution in [0, 0.1) is 0 Å². The van der Waals surface area contributed by atoms with Gasteiger partial charge in [0.05, 0.1) is 0 Å². The maximum Gasteiger partial charge on any atom is 0.106 e. The molecule has 2 unspecified atom stereocenters. The fourth-order valence-corrected chi connectivity index (χ4v) is 0.923. The van der Waals surface area contributed by atoms with Gasteiger partial charge in [-0.25, -0.2) is 0 Å². The molecule has 3 heteroatoms.